The van der Waals surface area contributed by atoms with Crippen LogP contribution in [0, 0.1) is 0 Å². The van der Waals surface area contributed by atoms with E-state index in [0.717, 1.165) is 4.31 Å². The van der Waals surface area contributed by atoms with Crippen LogP contribution < -0.4 is 4.74 Å². The molecule has 23 heavy (non-hydrogen) atoms. The highest BCUT2D eigenvalue weighted by Crippen LogP contribution is 2.31. The molecule has 0 amide bonds. The van der Waals surface area contributed by atoms with Crippen LogP contribution in [0.15, 0.2) is 52.4 Å². The molecule has 1 N–H and O–H groups in total. The summed E-state index contributed by atoms with van der Waals surface area (Å²) >= 11 is 0. The van der Waals surface area contributed by atoms with Gasteiger partial charge in [0.25, 0.3) is 0 Å². The summed E-state index contributed by atoms with van der Waals surface area (Å²) in [5, 5.41) is 9.75. The maximum absolute atomic E-state index is 12.2. The maximum atomic E-state index is 12.2. The molecule has 0 aliphatic heterocycles. The van der Waals surface area contributed by atoms with Crippen molar-refractivity contribution in [1.82, 2.24) is 4.31 Å². The van der Waals surface area contributed by atoms with Gasteiger partial charge in [-0.05, 0) is 30.3 Å². The number of methoxy groups -OCH3 is 1. The SMILES string of the molecule is COc1ccc(S(=O)(=O)N(C)C)cc1N=Cc1ccccc1O. The summed E-state index contributed by atoms with van der Waals surface area (Å²) in [6, 6.07) is 11.2. The number of aliphatic imine (C=N–C) groups is 1. The molecule has 0 radical (unpaired) electrons. The Bertz CT molecular complexity index is 830. The Balaban J connectivity index is 2.47. The highest BCUT2D eigenvalue weighted by atomic mass is 32.2. The topological polar surface area (TPSA) is 79.2 Å². The highest BCUT2D eigenvalue weighted by Gasteiger charge is 2.18. The Morgan fingerprint density at radius 1 is 1.17 bits per heavy atom. The van der Waals surface area contributed by atoms with Crippen molar-refractivity contribution in [2.45, 2.75) is 4.90 Å². The van der Waals surface area contributed by atoms with E-state index in [2.05, 4.69) is 4.99 Å². The van der Waals surface area contributed by atoms with Gasteiger partial charge in [0.1, 0.15) is 17.2 Å². The Kier molecular flexibility index (Phi) is 5.02. The lowest BCUT2D eigenvalue weighted by Gasteiger charge is -2.13. The van der Waals surface area contributed by atoms with Gasteiger partial charge < -0.3 is 9.84 Å². The largest absolute Gasteiger partial charge is 0.507 e. The summed E-state index contributed by atoms with van der Waals surface area (Å²) in [6.07, 6.45) is 1.46. The minimum absolute atomic E-state index is 0.0901. The lowest BCUT2D eigenvalue weighted by Crippen LogP contribution is -2.22. The van der Waals surface area contributed by atoms with Crippen LogP contribution in [0.5, 0.6) is 11.5 Å². The molecule has 0 aliphatic carbocycles. The molecule has 0 spiro atoms. The standard InChI is InChI=1S/C16H18N2O4S/c1-18(2)23(20,21)13-8-9-16(22-3)14(10-13)17-11-12-6-4-5-7-15(12)19/h4-11,19H,1-3H3. The predicted molar refractivity (Wildman–Crippen MR) is 89.2 cm³/mol. The number of hydrogen-bond donors (Lipinski definition) is 1. The van der Waals surface area contributed by atoms with Crippen LogP contribution in [0.1, 0.15) is 5.56 Å². The third kappa shape index (κ3) is 3.69. The summed E-state index contributed by atoms with van der Waals surface area (Å²) in [4.78, 5) is 4.37. The fraction of sp³-hybridized carbons (Fsp3) is 0.188. The van der Waals surface area contributed by atoms with Gasteiger partial charge in [-0.2, -0.15) is 0 Å². The minimum Gasteiger partial charge on any atom is -0.507 e. The zero-order valence-electron chi connectivity index (χ0n) is 13.1. The van der Waals surface area contributed by atoms with Crippen molar-refractivity contribution in [1.29, 1.82) is 0 Å². The van der Waals surface area contributed by atoms with Crippen LogP contribution in [-0.4, -0.2) is 45.2 Å². The molecule has 6 nitrogen and oxygen atoms in total. The van der Waals surface area contributed by atoms with Gasteiger partial charge in [-0.3, -0.25) is 4.99 Å². The molecule has 0 aliphatic rings. The number of phenols is 1. The maximum Gasteiger partial charge on any atom is 0.242 e. The summed E-state index contributed by atoms with van der Waals surface area (Å²) in [5.41, 5.74) is 0.883. The first kappa shape index (κ1) is 17.0. The van der Waals surface area contributed by atoms with Crippen molar-refractivity contribution < 1.29 is 18.3 Å². The number of para-hydroxylation sites is 1. The van der Waals surface area contributed by atoms with E-state index >= 15 is 0 Å². The minimum atomic E-state index is -3.56. The van der Waals surface area contributed by atoms with Crippen molar-refractivity contribution in [2.75, 3.05) is 21.2 Å². The molecule has 0 heterocycles. The molecule has 0 aromatic heterocycles. The van der Waals surface area contributed by atoms with E-state index in [0.29, 0.717) is 17.0 Å². The second kappa shape index (κ2) is 6.80. The summed E-state index contributed by atoms with van der Waals surface area (Å²) in [7, 11) is 0.845. The quantitative estimate of drug-likeness (QED) is 0.852. The first-order chi connectivity index (χ1) is 10.9. The van der Waals surface area contributed by atoms with Crippen molar-refractivity contribution >= 4 is 21.9 Å². The molecule has 0 fully saturated rings. The van der Waals surface area contributed by atoms with Crippen molar-refractivity contribution in [3.05, 3.63) is 48.0 Å². The molecule has 2 aromatic rings. The van der Waals surface area contributed by atoms with E-state index in [1.165, 1.54) is 39.6 Å². The fourth-order valence-corrected chi connectivity index (χ4v) is 2.80. The molecule has 2 aromatic carbocycles. The van der Waals surface area contributed by atoms with Gasteiger partial charge in [0.05, 0.1) is 12.0 Å². The smallest absolute Gasteiger partial charge is 0.242 e. The van der Waals surface area contributed by atoms with E-state index in [4.69, 9.17) is 4.74 Å². The van der Waals surface area contributed by atoms with Crippen LogP contribution in [0.25, 0.3) is 0 Å². The van der Waals surface area contributed by atoms with Crippen LogP contribution in [-0.2, 0) is 10.0 Å². The molecule has 0 atom stereocenters. The van der Waals surface area contributed by atoms with Gasteiger partial charge in [-0.25, -0.2) is 12.7 Å². The van der Waals surface area contributed by atoms with Crippen molar-refractivity contribution in [2.24, 2.45) is 4.99 Å². The normalized spacial score (nSPS) is 12.0. The van der Waals surface area contributed by atoms with E-state index < -0.39 is 10.0 Å². The molecule has 0 saturated carbocycles. The monoisotopic (exact) mass is 334 g/mol. The van der Waals surface area contributed by atoms with Gasteiger partial charge in [-0.1, -0.05) is 12.1 Å². The number of rotatable bonds is 5. The molecular weight excluding hydrogens is 316 g/mol. The van der Waals surface area contributed by atoms with Gasteiger partial charge in [0.2, 0.25) is 10.0 Å². The molecule has 0 bridgehead atoms. The van der Waals surface area contributed by atoms with Crippen LogP contribution in [0.3, 0.4) is 0 Å². The van der Waals surface area contributed by atoms with E-state index in [9.17, 15) is 13.5 Å². The fourth-order valence-electron chi connectivity index (χ4n) is 1.88. The third-order valence-electron chi connectivity index (χ3n) is 3.21. The zero-order valence-corrected chi connectivity index (χ0v) is 13.9. The van der Waals surface area contributed by atoms with Crippen molar-refractivity contribution in [3.63, 3.8) is 0 Å². The van der Waals surface area contributed by atoms with Crippen LogP contribution in [0.2, 0.25) is 0 Å². The molecule has 7 heteroatoms. The number of sulfonamides is 1. The number of phenolic OH excluding ortho intramolecular Hbond substituents is 1. The average Bonchev–Trinajstić information content (AvgIpc) is 2.53. The van der Waals surface area contributed by atoms with Crippen molar-refractivity contribution in [3.8, 4) is 11.5 Å². The number of nitrogens with zero attached hydrogens (tertiary/aromatic N) is 2. The van der Waals surface area contributed by atoms with Crippen LogP contribution >= 0.6 is 0 Å². The van der Waals surface area contributed by atoms with Gasteiger partial charge in [0, 0.05) is 25.9 Å². The van der Waals surface area contributed by atoms with E-state index in [1.54, 1.807) is 30.3 Å². The van der Waals surface area contributed by atoms with Gasteiger partial charge in [0.15, 0.2) is 0 Å². The van der Waals surface area contributed by atoms with E-state index in [1.807, 2.05) is 0 Å². The average molecular weight is 334 g/mol. The Morgan fingerprint density at radius 2 is 1.87 bits per heavy atom. The second-order valence-corrected chi connectivity index (χ2v) is 7.09. The third-order valence-corrected chi connectivity index (χ3v) is 5.02. The summed E-state index contributed by atoms with van der Waals surface area (Å²) < 4.78 is 30.7. The molecule has 2 rings (SSSR count). The Labute approximate surface area is 135 Å². The zero-order chi connectivity index (χ0) is 17.0. The number of aromatic hydroxyl groups is 1. The second-order valence-electron chi connectivity index (χ2n) is 4.94. The molecule has 0 unspecified atom stereocenters. The predicted octanol–water partition coefficient (Wildman–Crippen LogP) is 2.40. The first-order valence-electron chi connectivity index (χ1n) is 6.79. The Hall–Kier alpha value is -2.38. The van der Waals surface area contributed by atoms with E-state index in [-0.39, 0.29) is 10.6 Å². The first-order valence-corrected chi connectivity index (χ1v) is 8.23. The lowest BCUT2D eigenvalue weighted by molar-refractivity contribution is 0.416. The Morgan fingerprint density at radius 3 is 2.48 bits per heavy atom. The molecule has 122 valence electrons. The number of benzene rings is 2. The molecular formula is C16H18N2O4S. The van der Waals surface area contributed by atoms with Crippen LogP contribution in [0.4, 0.5) is 5.69 Å². The molecule has 0 saturated heterocycles. The van der Waals surface area contributed by atoms with Gasteiger partial charge in [-0.15, -0.1) is 0 Å². The number of hydrogen-bond acceptors (Lipinski definition) is 5. The summed E-state index contributed by atoms with van der Waals surface area (Å²) in [5.74, 6) is 0.529. The number of ether oxygens (including phenoxy) is 1. The summed E-state index contributed by atoms with van der Waals surface area (Å²) in [6.45, 7) is 0. The van der Waals surface area contributed by atoms with Gasteiger partial charge >= 0.3 is 0 Å². The highest BCUT2D eigenvalue weighted by molar-refractivity contribution is 7.89. The lowest BCUT2D eigenvalue weighted by atomic mass is 10.2.